The van der Waals surface area contributed by atoms with Crippen molar-refractivity contribution >= 4 is 31.7 Å². The van der Waals surface area contributed by atoms with E-state index < -0.39 is 9.84 Å². The molecule has 0 saturated carbocycles. The molecule has 0 aliphatic rings. The smallest absolute Gasteiger partial charge is 0.251 e. The number of halogens is 1. The zero-order valence-electron chi connectivity index (χ0n) is 13.1. The minimum Gasteiger partial charge on any atom is -0.345 e. The average molecular weight is 396 g/mol. The van der Waals surface area contributed by atoms with Crippen molar-refractivity contribution in [1.29, 1.82) is 0 Å². The highest BCUT2D eigenvalue weighted by Crippen LogP contribution is 2.23. The molecule has 1 amide bonds. The van der Waals surface area contributed by atoms with E-state index in [9.17, 15) is 13.2 Å². The summed E-state index contributed by atoms with van der Waals surface area (Å²) in [5.74, 6) is -0.307. The second-order valence-corrected chi connectivity index (χ2v) is 8.31. The third-order valence-electron chi connectivity index (χ3n) is 3.57. The normalized spacial score (nSPS) is 12.7. The summed E-state index contributed by atoms with van der Waals surface area (Å²) < 4.78 is 24.5. The second-order valence-electron chi connectivity index (χ2n) is 5.47. The first kappa shape index (κ1) is 17.7. The number of carbonyl (C=O) groups excluding carboxylic acids is 1. The molecule has 0 saturated heterocycles. The molecule has 2 aromatic carbocycles. The molecule has 0 spiro atoms. The Morgan fingerprint density at radius 3 is 2.43 bits per heavy atom. The first-order valence-corrected chi connectivity index (χ1v) is 9.74. The fourth-order valence-corrected chi connectivity index (χ4v) is 3.95. The van der Waals surface area contributed by atoms with Crippen molar-refractivity contribution in [2.45, 2.75) is 24.8 Å². The lowest BCUT2D eigenvalue weighted by molar-refractivity contribution is 0.0939. The zero-order chi connectivity index (χ0) is 17.2. The lowest BCUT2D eigenvalue weighted by Crippen LogP contribution is -2.27. The maximum absolute atomic E-state index is 12.4. The molecule has 0 aromatic heterocycles. The Kier molecular flexibility index (Phi) is 5.26. The number of hydrogen-bond acceptors (Lipinski definition) is 3. The highest BCUT2D eigenvalue weighted by Gasteiger charge is 2.17. The van der Waals surface area contributed by atoms with Crippen LogP contribution in [-0.4, -0.2) is 20.6 Å². The van der Waals surface area contributed by atoms with Crippen LogP contribution in [0.4, 0.5) is 0 Å². The third kappa shape index (κ3) is 4.20. The Balaban J connectivity index is 2.27. The van der Waals surface area contributed by atoms with Crippen LogP contribution in [0.1, 0.15) is 34.5 Å². The van der Waals surface area contributed by atoms with E-state index in [0.717, 1.165) is 16.3 Å². The van der Waals surface area contributed by atoms with Crippen LogP contribution in [0.25, 0.3) is 0 Å². The number of sulfone groups is 1. The largest absolute Gasteiger partial charge is 0.345 e. The van der Waals surface area contributed by atoms with Gasteiger partial charge in [-0.3, -0.25) is 4.79 Å². The van der Waals surface area contributed by atoms with Gasteiger partial charge in [0.05, 0.1) is 10.9 Å². The number of benzene rings is 2. The first-order chi connectivity index (χ1) is 10.7. The van der Waals surface area contributed by atoms with Crippen molar-refractivity contribution in [1.82, 2.24) is 5.32 Å². The molecule has 23 heavy (non-hydrogen) atoms. The van der Waals surface area contributed by atoms with Gasteiger partial charge in [-0.1, -0.05) is 40.2 Å². The monoisotopic (exact) mass is 395 g/mol. The molecule has 0 heterocycles. The van der Waals surface area contributed by atoms with Crippen LogP contribution in [0.3, 0.4) is 0 Å². The molecule has 0 aliphatic heterocycles. The molecule has 2 aromatic rings. The van der Waals surface area contributed by atoms with E-state index in [1.54, 1.807) is 19.1 Å². The highest BCUT2D eigenvalue weighted by atomic mass is 79.9. The summed E-state index contributed by atoms with van der Waals surface area (Å²) in [5.41, 5.74) is 1.91. The van der Waals surface area contributed by atoms with E-state index in [4.69, 9.17) is 0 Å². The van der Waals surface area contributed by atoms with Gasteiger partial charge in [-0.25, -0.2) is 8.42 Å². The second kappa shape index (κ2) is 6.84. The lowest BCUT2D eigenvalue weighted by Gasteiger charge is -2.16. The lowest BCUT2D eigenvalue weighted by atomic mass is 10.1. The number of aryl methyl sites for hydroxylation is 1. The Morgan fingerprint density at radius 1 is 1.17 bits per heavy atom. The van der Waals surface area contributed by atoms with Crippen LogP contribution in [-0.2, 0) is 9.84 Å². The van der Waals surface area contributed by atoms with E-state index in [1.165, 1.54) is 6.07 Å². The number of amides is 1. The molecule has 4 nitrogen and oxygen atoms in total. The maximum Gasteiger partial charge on any atom is 0.251 e. The van der Waals surface area contributed by atoms with E-state index in [1.807, 2.05) is 31.2 Å². The number of nitrogens with one attached hydrogen (secondary N) is 1. The van der Waals surface area contributed by atoms with Gasteiger partial charge >= 0.3 is 0 Å². The van der Waals surface area contributed by atoms with Crippen molar-refractivity contribution in [3.05, 3.63) is 63.6 Å². The fraction of sp³-hybridized carbons (Fsp3) is 0.235. The minimum atomic E-state index is -3.36. The van der Waals surface area contributed by atoms with Crippen molar-refractivity contribution in [2.24, 2.45) is 0 Å². The van der Waals surface area contributed by atoms with Gasteiger partial charge in [0.2, 0.25) is 0 Å². The Morgan fingerprint density at radius 2 is 1.83 bits per heavy atom. The van der Waals surface area contributed by atoms with Gasteiger partial charge in [0.15, 0.2) is 9.84 Å². The predicted octanol–water partition coefficient (Wildman–Crippen LogP) is 3.65. The summed E-state index contributed by atoms with van der Waals surface area (Å²) in [4.78, 5) is 12.6. The molecule has 1 N–H and O–H groups in total. The standard InChI is InChI=1S/C17H18BrNO3S/c1-11-8-9-13(10-16(11)23(3,21)22)17(20)19-12(2)14-6-4-5-7-15(14)18/h4-10,12H,1-3H3,(H,19,20). The molecule has 0 fully saturated rings. The van der Waals surface area contributed by atoms with Gasteiger partial charge in [-0.15, -0.1) is 0 Å². The van der Waals surface area contributed by atoms with Crippen LogP contribution in [0, 0.1) is 6.92 Å². The molecule has 0 radical (unpaired) electrons. The highest BCUT2D eigenvalue weighted by molar-refractivity contribution is 9.10. The van der Waals surface area contributed by atoms with Gasteiger partial charge in [0, 0.05) is 16.3 Å². The molecular weight excluding hydrogens is 378 g/mol. The Hall–Kier alpha value is -1.66. The molecule has 1 atom stereocenters. The molecule has 2 rings (SSSR count). The molecule has 122 valence electrons. The van der Waals surface area contributed by atoms with E-state index >= 15 is 0 Å². The molecule has 0 bridgehead atoms. The first-order valence-electron chi connectivity index (χ1n) is 7.06. The van der Waals surface area contributed by atoms with Crippen LogP contribution in [0.15, 0.2) is 51.8 Å². The van der Waals surface area contributed by atoms with E-state index in [0.29, 0.717) is 11.1 Å². The molecule has 6 heteroatoms. The van der Waals surface area contributed by atoms with Gasteiger partial charge in [-0.05, 0) is 43.2 Å². The van der Waals surface area contributed by atoms with E-state index in [-0.39, 0.29) is 16.8 Å². The summed E-state index contributed by atoms with van der Waals surface area (Å²) in [5, 5.41) is 2.89. The van der Waals surface area contributed by atoms with Gasteiger partial charge in [0.25, 0.3) is 5.91 Å². The summed E-state index contributed by atoms with van der Waals surface area (Å²) in [6.07, 6.45) is 1.14. The molecular formula is C17H18BrNO3S. The number of carbonyl (C=O) groups is 1. The Labute approximate surface area is 145 Å². The SMILES string of the molecule is Cc1ccc(C(=O)NC(C)c2ccccc2Br)cc1S(C)(=O)=O. The van der Waals surface area contributed by atoms with Crippen LogP contribution in [0.5, 0.6) is 0 Å². The van der Waals surface area contributed by atoms with Gasteiger partial charge < -0.3 is 5.32 Å². The molecule has 0 aliphatic carbocycles. The van der Waals surface area contributed by atoms with Crippen molar-refractivity contribution in [3.8, 4) is 0 Å². The van der Waals surface area contributed by atoms with Crippen molar-refractivity contribution in [3.63, 3.8) is 0 Å². The summed E-state index contributed by atoms with van der Waals surface area (Å²) in [7, 11) is -3.36. The van der Waals surface area contributed by atoms with Crippen molar-refractivity contribution < 1.29 is 13.2 Å². The quantitative estimate of drug-likeness (QED) is 0.858. The topological polar surface area (TPSA) is 63.2 Å². The predicted molar refractivity (Wildman–Crippen MR) is 94.3 cm³/mol. The Bertz CT molecular complexity index is 847. The van der Waals surface area contributed by atoms with Crippen LogP contribution in [0.2, 0.25) is 0 Å². The van der Waals surface area contributed by atoms with Gasteiger partial charge in [0.1, 0.15) is 0 Å². The fourth-order valence-electron chi connectivity index (χ4n) is 2.32. The summed E-state index contributed by atoms with van der Waals surface area (Å²) >= 11 is 3.46. The molecule has 1 unspecified atom stereocenters. The third-order valence-corrected chi connectivity index (χ3v) is 5.53. The summed E-state index contributed by atoms with van der Waals surface area (Å²) in [6.45, 7) is 3.59. The maximum atomic E-state index is 12.4. The number of rotatable bonds is 4. The average Bonchev–Trinajstić information content (AvgIpc) is 2.46. The van der Waals surface area contributed by atoms with Crippen LogP contribution >= 0.6 is 15.9 Å². The van der Waals surface area contributed by atoms with E-state index in [2.05, 4.69) is 21.2 Å². The van der Waals surface area contributed by atoms with Gasteiger partial charge in [-0.2, -0.15) is 0 Å². The van der Waals surface area contributed by atoms with Crippen LogP contribution < -0.4 is 5.32 Å². The minimum absolute atomic E-state index is 0.179. The zero-order valence-corrected chi connectivity index (χ0v) is 15.5. The van der Waals surface area contributed by atoms with Crippen molar-refractivity contribution in [2.75, 3.05) is 6.26 Å². The summed E-state index contributed by atoms with van der Waals surface area (Å²) in [6, 6.07) is 12.1. The number of hydrogen-bond donors (Lipinski definition) is 1.